The molecule has 0 fully saturated rings. The Bertz CT molecular complexity index is 809. The molecule has 2 aliphatic rings. The molecule has 2 unspecified atom stereocenters. The van der Waals surface area contributed by atoms with Gasteiger partial charge in [0, 0.05) is 19.6 Å². The van der Waals surface area contributed by atoms with Crippen molar-refractivity contribution in [3.8, 4) is 0 Å². The zero-order valence-electron chi connectivity index (χ0n) is 22.9. The molecule has 6 heteroatoms. The summed E-state index contributed by atoms with van der Waals surface area (Å²) in [6.45, 7) is 20.2. The van der Waals surface area contributed by atoms with E-state index in [9.17, 15) is 0 Å². The first-order valence-corrected chi connectivity index (χ1v) is 25.4. The van der Waals surface area contributed by atoms with Crippen LogP contribution in [0.2, 0.25) is 0 Å². The summed E-state index contributed by atoms with van der Waals surface area (Å²) < 4.78 is 0. The molecule has 0 aromatic heterocycles. The first-order chi connectivity index (χ1) is 16.0. The number of aliphatic hydroxyl groups is 2. The second-order valence-corrected chi connectivity index (χ2v) is 44.1. The van der Waals surface area contributed by atoms with Crippen LogP contribution in [0.3, 0.4) is 0 Å². The summed E-state index contributed by atoms with van der Waals surface area (Å²) in [5, 5.41) is 14.0. The van der Waals surface area contributed by atoms with Crippen LogP contribution < -0.4 is 0 Å². The number of hydrogen-bond acceptors (Lipinski definition) is 2. The van der Waals surface area contributed by atoms with Gasteiger partial charge in [0.2, 0.25) is 0 Å². The van der Waals surface area contributed by atoms with E-state index in [4.69, 9.17) is 10.2 Å². The Morgan fingerprint density at radius 2 is 0.971 bits per heavy atom. The molecule has 34 heavy (non-hydrogen) atoms. The zero-order valence-corrected chi connectivity index (χ0v) is 30.7. The molecule has 2 nitrogen and oxygen atoms in total. The van der Waals surface area contributed by atoms with Gasteiger partial charge >= 0.3 is 64.9 Å². The maximum absolute atomic E-state index is 7.00. The molecule has 2 aliphatic carbocycles. The SMILES string of the molecule is CC.CC.CC1C(C)(C)c2ccccc2C12CC(C)(C)c1ccccc12.CO.CO.[I][V]([I])[I]. The van der Waals surface area contributed by atoms with Gasteiger partial charge in [0.15, 0.2) is 0 Å². The number of halogens is 3. The van der Waals surface area contributed by atoms with Crippen LogP contribution in [0.5, 0.6) is 0 Å². The van der Waals surface area contributed by atoms with E-state index in [0.717, 1.165) is 14.2 Å². The number of benzene rings is 2. The van der Waals surface area contributed by atoms with Crippen molar-refractivity contribution in [3.05, 3.63) is 70.8 Å². The van der Waals surface area contributed by atoms with Gasteiger partial charge in [-0.25, -0.2) is 0 Å². The van der Waals surface area contributed by atoms with Crippen LogP contribution in [-0.4, -0.2) is 24.4 Å². The van der Waals surface area contributed by atoms with Gasteiger partial charge in [0.05, 0.1) is 0 Å². The fourth-order valence-corrected chi connectivity index (χ4v) is 5.49. The van der Waals surface area contributed by atoms with Gasteiger partial charge in [-0.1, -0.05) is 111 Å². The minimum absolute atomic E-state index is 0.181. The molecule has 0 bridgehead atoms. The van der Waals surface area contributed by atoms with E-state index >= 15 is 0 Å². The number of rotatable bonds is 0. The fourth-order valence-electron chi connectivity index (χ4n) is 5.49. The van der Waals surface area contributed by atoms with Crippen molar-refractivity contribution in [2.24, 2.45) is 5.92 Å². The van der Waals surface area contributed by atoms with Crippen LogP contribution in [0.4, 0.5) is 0 Å². The van der Waals surface area contributed by atoms with Crippen molar-refractivity contribution >= 4 is 59.9 Å². The van der Waals surface area contributed by atoms with E-state index in [-0.39, 0.29) is 21.2 Å². The molecule has 0 saturated carbocycles. The predicted molar refractivity (Wildman–Crippen MR) is 175 cm³/mol. The summed E-state index contributed by atoms with van der Waals surface area (Å²) in [7, 11) is 2.00. The molecule has 2 atom stereocenters. The predicted octanol–water partition coefficient (Wildman–Crippen LogP) is 9.51. The van der Waals surface area contributed by atoms with Crippen LogP contribution in [0, 0.1) is 5.92 Å². The van der Waals surface area contributed by atoms with E-state index in [1.165, 1.54) is 6.42 Å². The van der Waals surface area contributed by atoms with Crippen LogP contribution in [-0.2, 0) is 21.2 Å². The Labute approximate surface area is 248 Å². The Kier molecular flexibility index (Phi) is 19.3. The molecular weight excluding hydrogens is 800 g/mol. The van der Waals surface area contributed by atoms with E-state index in [2.05, 4.69) is 143 Å². The van der Waals surface area contributed by atoms with Gasteiger partial charge in [0.25, 0.3) is 0 Å². The molecule has 0 aliphatic heterocycles. The molecule has 0 heterocycles. The van der Waals surface area contributed by atoms with E-state index in [0.29, 0.717) is 5.92 Å². The summed E-state index contributed by atoms with van der Waals surface area (Å²) in [6, 6.07) is 18.3. The molecular formula is C28H46I3O2V. The van der Waals surface area contributed by atoms with Crippen LogP contribution in [0.1, 0.15) is 91.0 Å². The minimum atomic E-state index is -0.278. The first kappa shape index (κ1) is 37.3. The standard InChI is InChI=1S/C22H26.2C2H6.2CH4O.3HI.V/c1-15-21(4,5)17-11-7-9-13-19(17)22(15)14-20(2,3)16-10-6-8-12-18(16)22;4*1-2;;;;/h6-13,15H,14H2,1-5H3;2*1-2H3;2*2H,1H3;3*1H;/q;;;;;;;;+3/p-3. The second kappa shape index (κ2) is 17.6. The third-order valence-corrected chi connectivity index (χ3v) is 6.78. The number of fused-ring (bicyclic) bond motifs is 4. The molecule has 1 spiro atoms. The van der Waals surface area contributed by atoms with Crippen molar-refractivity contribution in [2.45, 2.75) is 85.0 Å². The fraction of sp³-hybridized carbons (Fsp3) is 0.571. The Hall–Kier alpha value is 1.13. The number of aliphatic hydroxyl groups excluding tert-OH is 2. The third-order valence-electron chi connectivity index (χ3n) is 6.78. The maximum atomic E-state index is 7.00. The Morgan fingerprint density at radius 3 is 1.35 bits per heavy atom. The van der Waals surface area contributed by atoms with Gasteiger partial charge in [-0.05, 0) is 45.4 Å². The summed E-state index contributed by atoms with van der Waals surface area (Å²) in [5.41, 5.74) is 6.91. The average Bonchev–Trinajstić information content (AvgIpc) is 3.20. The van der Waals surface area contributed by atoms with Crippen LogP contribution in [0.25, 0.3) is 0 Å². The monoisotopic (exact) mass is 846 g/mol. The summed E-state index contributed by atoms with van der Waals surface area (Å²) >= 11 is 7.39. The quantitative estimate of drug-likeness (QED) is 0.260. The molecule has 4 rings (SSSR count). The van der Waals surface area contributed by atoms with Gasteiger partial charge in [-0.3, -0.25) is 0 Å². The van der Waals surface area contributed by atoms with Crippen molar-refractivity contribution in [1.82, 2.24) is 0 Å². The third kappa shape index (κ3) is 8.06. The molecule has 0 amide bonds. The van der Waals surface area contributed by atoms with E-state index in [1.807, 2.05) is 27.7 Å². The van der Waals surface area contributed by atoms with Crippen molar-refractivity contribution < 1.29 is 15.1 Å². The van der Waals surface area contributed by atoms with E-state index < -0.39 is 0 Å². The topological polar surface area (TPSA) is 40.5 Å². The first-order valence-electron chi connectivity index (χ1n) is 11.9. The number of hydrogen-bond donors (Lipinski definition) is 2. The van der Waals surface area contributed by atoms with E-state index in [1.54, 1.807) is 22.3 Å². The molecule has 2 N–H and O–H groups in total. The Balaban J connectivity index is 0. The zero-order chi connectivity index (χ0) is 27.3. The molecule has 2 aromatic rings. The molecule has 0 saturated heterocycles. The normalized spacial score (nSPS) is 21.4. The van der Waals surface area contributed by atoms with Gasteiger partial charge in [-0.2, -0.15) is 0 Å². The van der Waals surface area contributed by atoms with Gasteiger partial charge in [-0.15, -0.1) is 0 Å². The van der Waals surface area contributed by atoms with Crippen LogP contribution >= 0.6 is 59.9 Å². The van der Waals surface area contributed by atoms with Crippen molar-refractivity contribution in [1.29, 1.82) is 0 Å². The molecule has 196 valence electrons. The summed E-state index contributed by atoms with van der Waals surface area (Å²) in [6.07, 6.45) is 1.22. The summed E-state index contributed by atoms with van der Waals surface area (Å²) in [5.74, 6) is 0.611. The van der Waals surface area contributed by atoms with Gasteiger partial charge in [0.1, 0.15) is 0 Å². The summed E-state index contributed by atoms with van der Waals surface area (Å²) in [4.78, 5) is -0.278. The van der Waals surface area contributed by atoms with Gasteiger partial charge < -0.3 is 10.2 Å². The van der Waals surface area contributed by atoms with Crippen molar-refractivity contribution in [2.75, 3.05) is 14.2 Å². The van der Waals surface area contributed by atoms with Crippen molar-refractivity contribution in [3.63, 3.8) is 0 Å². The average molecular weight is 846 g/mol. The van der Waals surface area contributed by atoms with Crippen LogP contribution in [0.15, 0.2) is 48.5 Å². The second-order valence-electron chi connectivity index (χ2n) is 8.76. The molecule has 2 aromatic carbocycles. The Morgan fingerprint density at radius 1 is 0.676 bits per heavy atom. The molecule has 0 radical (unpaired) electrons.